The third-order valence-corrected chi connectivity index (χ3v) is 6.51. The lowest BCUT2D eigenvalue weighted by Gasteiger charge is -2.08. The fourth-order valence-electron chi connectivity index (χ4n) is 2.96. The van der Waals surface area contributed by atoms with E-state index >= 15 is 0 Å². The number of sulfonamides is 1. The molecule has 3 N–H and O–H groups in total. The summed E-state index contributed by atoms with van der Waals surface area (Å²) in [5.74, 6) is -0.211. The summed E-state index contributed by atoms with van der Waals surface area (Å²) in [6.07, 6.45) is 5.64. The second kappa shape index (κ2) is 6.66. The largest absolute Gasteiger partial charge is 0.321 e. The van der Waals surface area contributed by atoms with Crippen molar-refractivity contribution in [3.63, 3.8) is 0 Å². The molecule has 2 aromatic rings. The fourth-order valence-corrected chi connectivity index (χ4v) is 4.91. The van der Waals surface area contributed by atoms with Crippen LogP contribution in [0.1, 0.15) is 44.9 Å². The number of aryl methyl sites for hydroxylation is 3. The Hall–Kier alpha value is -1.70. The maximum absolute atomic E-state index is 12.5. The molecule has 0 bridgehead atoms. The van der Waals surface area contributed by atoms with Crippen LogP contribution in [-0.2, 0) is 22.9 Å². The summed E-state index contributed by atoms with van der Waals surface area (Å²) in [4.78, 5) is 14.5. The summed E-state index contributed by atoms with van der Waals surface area (Å²) in [6, 6.07) is 6.69. The van der Waals surface area contributed by atoms with Crippen molar-refractivity contribution in [2.75, 3.05) is 5.32 Å². The van der Waals surface area contributed by atoms with Crippen LogP contribution < -0.4 is 10.5 Å². The van der Waals surface area contributed by atoms with Crippen LogP contribution >= 0.6 is 11.3 Å². The molecule has 3 rings (SSSR count). The predicted molar refractivity (Wildman–Crippen MR) is 96.1 cm³/mol. The minimum absolute atomic E-state index is 0.0299. The molecule has 0 spiro atoms. The first-order valence-electron chi connectivity index (χ1n) is 7.91. The van der Waals surface area contributed by atoms with Gasteiger partial charge in [-0.3, -0.25) is 4.79 Å². The van der Waals surface area contributed by atoms with E-state index in [4.69, 9.17) is 5.14 Å². The van der Waals surface area contributed by atoms with Gasteiger partial charge in [-0.2, -0.15) is 0 Å². The minimum atomic E-state index is -3.81. The molecule has 1 aromatic carbocycles. The van der Waals surface area contributed by atoms with Crippen molar-refractivity contribution in [3.05, 3.63) is 45.1 Å². The topological polar surface area (TPSA) is 89.3 Å². The van der Waals surface area contributed by atoms with E-state index in [2.05, 4.69) is 5.32 Å². The monoisotopic (exact) mass is 364 g/mol. The highest BCUT2D eigenvalue weighted by Gasteiger charge is 2.18. The maximum atomic E-state index is 12.5. The standard InChI is InChI=1S/C17H20N2O3S2/c1-11-7-8-13(10-16(11)24(18,21)22)19-17(20)15-9-12-5-3-2-4-6-14(12)23-15/h7-10H,2-6H2,1H3,(H,19,20)(H2,18,21,22). The molecule has 1 heterocycles. The molecule has 0 saturated carbocycles. The number of rotatable bonds is 3. The quantitative estimate of drug-likeness (QED) is 0.820. The van der Waals surface area contributed by atoms with Crippen molar-refractivity contribution in [3.8, 4) is 0 Å². The number of carbonyl (C=O) groups is 1. The molecule has 7 heteroatoms. The van der Waals surface area contributed by atoms with Gasteiger partial charge in [-0.15, -0.1) is 11.3 Å². The number of carbonyl (C=O) groups excluding carboxylic acids is 1. The third-order valence-electron chi connectivity index (χ3n) is 4.22. The molecular formula is C17H20N2O3S2. The number of benzene rings is 1. The Kier molecular flexibility index (Phi) is 4.76. The number of fused-ring (bicyclic) bond motifs is 1. The van der Waals surface area contributed by atoms with Crippen LogP contribution in [0.25, 0.3) is 0 Å². The smallest absolute Gasteiger partial charge is 0.265 e. The van der Waals surface area contributed by atoms with Gasteiger partial charge in [-0.25, -0.2) is 13.6 Å². The van der Waals surface area contributed by atoms with E-state index in [-0.39, 0.29) is 10.8 Å². The molecule has 1 aromatic heterocycles. The first kappa shape index (κ1) is 17.1. The summed E-state index contributed by atoms with van der Waals surface area (Å²) in [7, 11) is -3.81. The Morgan fingerprint density at radius 3 is 2.67 bits per heavy atom. The lowest BCUT2D eigenvalue weighted by atomic mass is 10.1. The summed E-state index contributed by atoms with van der Waals surface area (Å²) in [5.41, 5.74) is 2.26. The average Bonchev–Trinajstić information content (AvgIpc) is 2.79. The summed E-state index contributed by atoms with van der Waals surface area (Å²) in [6.45, 7) is 1.67. The van der Waals surface area contributed by atoms with Gasteiger partial charge in [0.25, 0.3) is 5.91 Å². The average molecular weight is 364 g/mol. The zero-order valence-corrected chi connectivity index (χ0v) is 15.1. The molecule has 0 aliphatic heterocycles. The van der Waals surface area contributed by atoms with Gasteiger partial charge in [-0.05, 0) is 61.9 Å². The Labute approximate surface area is 145 Å². The second-order valence-electron chi connectivity index (χ2n) is 6.10. The van der Waals surface area contributed by atoms with Gasteiger partial charge in [0.05, 0.1) is 9.77 Å². The minimum Gasteiger partial charge on any atom is -0.321 e. The van der Waals surface area contributed by atoms with E-state index in [0.717, 1.165) is 12.8 Å². The van der Waals surface area contributed by atoms with Crippen LogP contribution in [0.5, 0.6) is 0 Å². The molecule has 0 radical (unpaired) electrons. The summed E-state index contributed by atoms with van der Waals surface area (Å²) in [5, 5.41) is 7.99. The third kappa shape index (κ3) is 3.68. The van der Waals surface area contributed by atoms with Gasteiger partial charge in [-0.1, -0.05) is 12.5 Å². The second-order valence-corrected chi connectivity index (χ2v) is 8.77. The van der Waals surface area contributed by atoms with Gasteiger partial charge in [0.1, 0.15) is 0 Å². The summed E-state index contributed by atoms with van der Waals surface area (Å²) < 4.78 is 23.2. The number of hydrogen-bond donors (Lipinski definition) is 2. The van der Waals surface area contributed by atoms with E-state index in [0.29, 0.717) is 16.1 Å². The molecule has 128 valence electrons. The number of amides is 1. The van der Waals surface area contributed by atoms with E-state index in [1.807, 2.05) is 6.07 Å². The van der Waals surface area contributed by atoms with E-state index in [1.54, 1.807) is 19.1 Å². The first-order valence-corrected chi connectivity index (χ1v) is 10.3. The van der Waals surface area contributed by atoms with Crippen LogP contribution in [0.4, 0.5) is 5.69 Å². The van der Waals surface area contributed by atoms with Crippen molar-refractivity contribution in [2.24, 2.45) is 5.14 Å². The number of primary sulfonamides is 1. The van der Waals surface area contributed by atoms with Gasteiger partial charge >= 0.3 is 0 Å². The van der Waals surface area contributed by atoms with Crippen LogP contribution in [0, 0.1) is 6.92 Å². The molecule has 1 aliphatic rings. The van der Waals surface area contributed by atoms with Gasteiger partial charge < -0.3 is 5.32 Å². The van der Waals surface area contributed by atoms with Crippen LogP contribution in [0.3, 0.4) is 0 Å². The number of anilines is 1. The Morgan fingerprint density at radius 1 is 1.17 bits per heavy atom. The number of hydrogen-bond acceptors (Lipinski definition) is 4. The molecule has 24 heavy (non-hydrogen) atoms. The highest BCUT2D eigenvalue weighted by atomic mass is 32.2. The molecule has 0 atom stereocenters. The zero-order valence-electron chi connectivity index (χ0n) is 13.5. The van der Waals surface area contributed by atoms with Crippen molar-refractivity contribution in [2.45, 2.75) is 43.9 Å². The van der Waals surface area contributed by atoms with Crippen LogP contribution in [0.2, 0.25) is 0 Å². The van der Waals surface area contributed by atoms with E-state index in [1.165, 1.54) is 47.1 Å². The van der Waals surface area contributed by atoms with Crippen LogP contribution in [0.15, 0.2) is 29.2 Å². The van der Waals surface area contributed by atoms with Gasteiger partial charge in [0.2, 0.25) is 10.0 Å². The number of nitrogens with two attached hydrogens (primary N) is 1. The van der Waals surface area contributed by atoms with E-state index in [9.17, 15) is 13.2 Å². The molecule has 0 saturated heterocycles. The predicted octanol–water partition coefficient (Wildman–Crippen LogP) is 3.23. The lowest BCUT2D eigenvalue weighted by Crippen LogP contribution is -2.15. The van der Waals surface area contributed by atoms with E-state index < -0.39 is 10.0 Å². The maximum Gasteiger partial charge on any atom is 0.265 e. The first-order chi connectivity index (χ1) is 11.3. The van der Waals surface area contributed by atoms with Crippen molar-refractivity contribution in [1.82, 2.24) is 0 Å². The Bertz CT molecular complexity index is 862. The molecule has 0 unspecified atom stereocenters. The van der Waals surface area contributed by atoms with Crippen molar-refractivity contribution >= 4 is 33.0 Å². The fraction of sp³-hybridized carbons (Fsp3) is 0.353. The molecule has 5 nitrogen and oxygen atoms in total. The summed E-state index contributed by atoms with van der Waals surface area (Å²) >= 11 is 1.53. The van der Waals surface area contributed by atoms with Gasteiger partial charge in [0, 0.05) is 10.6 Å². The molecular weight excluding hydrogens is 344 g/mol. The van der Waals surface area contributed by atoms with Crippen molar-refractivity contribution < 1.29 is 13.2 Å². The molecule has 1 amide bonds. The Balaban J connectivity index is 1.83. The normalized spacial score (nSPS) is 14.8. The molecule has 0 fully saturated rings. The Morgan fingerprint density at radius 2 is 1.92 bits per heavy atom. The zero-order chi connectivity index (χ0) is 17.3. The van der Waals surface area contributed by atoms with Gasteiger partial charge in [0.15, 0.2) is 0 Å². The van der Waals surface area contributed by atoms with Crippen molar-refractivity contribution in [1.29, 1.82) is 0 Å². The highest BCUT2D eigenvalue weighted by molar-refractivity contribution is 7.89. The SMILES string of the molecule is Cc1ccc(NC(=O)c2cc3c(s2)CCCCC3)cc1S(N)(=O)=O. The van der Waals surface area contributed by atoms with Crippen LogP contribution in [-0.4, -0.2) is 14.3 Å². The number of nitrogens with one attached hydrogen (secondary N) is 1. The lowest BCUT2D eigenvalue weighted by molar-refractivity contribution is 0.103. The number of thiophene rings is 1. The highest BCUT2D eigenvalue weighted by Crippen LogP contribution is 2.29. The molecule has 1 aliphatic carbocycles.